The fourth-order valence-electron chi connectivity index (χ4n) is 2.06. The maximum atomic E-state index is 6.09. The SMILES string of the molecule is CCC(C)(OC)c1nc2c(s1)CCCC2N. The van der Waals surface area contributed by atoms with E-state index in [1.807, 2.05) is 0 Å². The minimum absolute atomic E-state index is 0.131. The minimum Gasteiger partial charge on any atom is -0.371 e. The summed E-state index contributed by atoms with van der Waals surface area (Å²) in [6, 6.07) is 0.131. The molecule has 16 heavy (non-hydrogen) atoms. The second-order valence-electron chi connectivity index (χ2n) is 4.61. The number of nitrogens with zero attached hydrogens (tertiary/aromatic N) is 1. The molecule has 0 fully saturated rings. The number of ether oxygens (including phenoxy) is 1. The summed E-state index contributed by atoms with van der Waals surface area (Å²) in [7, 11) is 1.75. The smallest absolute Gasteiger partial charge is 0.125 e. The first-order valence-corrected chi connectivity index (χ1v) is 6.73. The summed E-state index contributed by atoms with van der Waals surface area (Å²) in [5.41, 5.74) is 6.95. The van der Waals surface area contributed by atoms with Crippen molar-refractivity contribution in [3.05, 3.63) is 15.6 Å². The molecular formula is C12H20N2OS. The van der Waals surface area contributed by atoms with Gasteiger partial charge in [0, 0.05) is 18.0 Å². The van der Waals surface area contributed by atoms with Crippen molar-refractivity contribution in [2.75, 3.05) is 7.11 Å². The van der Waals surface area contributed by atoms with E-state index in [0.29, 0.717) is 0 Å². The predicted octanol–water partition coefficient (Wildman–Crippen LogP) is 2.75. The molecule has 1 heterocycles. The molecule has 1 aliphatic rings. The van der Waals surface area contributed by atoms with Crippen molar-refractivity contribution in [1.29, 1.82) is 0 Å². The molecule has 0 amide bonds. The molecule has 2 rings (SSSR count). The van der Waals surface area contributed by atoms with Gasteiger partial charge in [0.2, 0.25) is 0 Å². The topological polar surface area (TPSA) is 48.1 Å². The minimum atomic E-state index is -0.248. The molecule has 0 aromatic carbocycles. The van der Waals surface area contributed by atoms with Crippen molar-refractivity contribution in [3.8, 4) is 0 Å². The van der Waals surface area contributed by atoms with Crippen LogP contribution in [-0.4, -0.2) is 12.1 Å². The van der Waals surface area contributed by atoms with Crippen LogP contribution in [0.25, 0.3) is 0 Å². The van der Waals surface area contributed by atoms with Crippen molar-refractivity contribution < 1.29 is 4.74 Å². The third-order valence-corrected chi connectivity index (χ3v) is 4.95. The van der Waals surface area contributed by atoms with Crippen LogP contribution in [0.15, 0.2) is 0 Å². The molecule has 1 aromatic rings. The van der Waals surface area contributed by atoms with Gasteiger partial charge in [-0.25, -0.2) is 4.98 Å². The molecule has 0 bridgehead atoms. The zero-order valence-electron chi connectivity index (χ0n) is 10.2. The Bertz CT molecular complexity index is 371. The Morgan fingerprint density at radius 1 is 1.62 bits per heavy atom. The molecule has 0 spiro atoms. The molecular weight excluding hydrogens is 220 g/mol. The Labute approximate surface area is 101 Å². The Morgan fingerprint density at radius 2 is 2.38 bits per heavy atom. The first-order chi connectivity index (χ1) is 7.60. The quantitative estimate of drug-likeness (QED) is 0.883. The van der Waals surface area contributed by atoms with Gasteiger partial charge in [0.05, 0.1) is 5.69 Å². The number of rotatable bonds is 3. The average molecular weight is 240 g/mol. The summed E-state index contributed by atoms with van der Waals surface area (Å²) in [6.45, 7) is 4.23. The molecule has 1 aliphatic carbocycles. The zero-order valence-corrected chi connectivity index (χ0v) is 11.1. The van der Waals surface area contributed by atoms with Gasteiger partial charge in [0.15, 0.2) is 0 Å². The Balaban J connectivity index is 2.37. The van der Waals surface area contributed by atoms with E-state index in [0.717, 1.165) is 30.0 Å². The fraction of sp³-hybridized carbons (Fsp3) is 0.750. The van der Waals surface area contributed by atoms with Gasteiger partial charge in [-0.1, -0.05) is 6.92 Å². The summed E-state index contributed by atoms with van der Waals surface area (Å²) in [4.78, 5) is 6.08. The van der Waals surface area contributed by atoms with Crippen molar-refractivity contribution in [1.82, 2.24) is 4.98 Å². The van der Waals surface area contributed by atoms with E-state index < -0.39 is 0 Å². The first kappa shape index (κ1) is 12.0. The molecule has 0 saturated heterocycles. The van der Waals surface area contributed by atoms with E-state index in [-0.39, 0.29) is 11.6 Å². The summed E-state index contributed by atoms with van der Waals surface area (Å²) in [6.07, 6.45) is 4.31. The summed E-state index contributed by atoms with van der Waals surface area (Å²) >= 11 is 1.78. The number of thiazole rings is 1. The number of methoxy groups -OCH3 is 1. The highest BCUT2D eigenvalue weighted by atomic mass is 32.1. The molecule has 2 N–H and O–H groups in total. The van der Waals surface area contributed by atoms with Gasteiger partial charge in [-0.15, -0.1) is 11.3 Å². The third-order valence-electron chi connectivity index (χ3n) is 3.58. The summed E-state index contributed by atoms with van der Waals surface area (Å²) in [5, 5.41) is 1.08. The molecule has 2 atom stereocenters. The molecule has 0 radical (unpaired) electrons. The van der Waals surface area contributed by atoms with Gasteiger partial charge >= 0.3 is 0 Å². The second-order valence-corrected chi connectivity index (χ2v) is 5.70. The van der Waals surface area contributed by atoms with E-state index in [1.54, 1.807) is 18.4 Å². The van der Waals surface area contributed by atoms with Crippen molar-refractivity contribution >= 4 is 11.3 Å². The van der Waals surface area contributed by atoms with E-state index in [4.69, 9.17) is 15.5 Å². The molecule has 4 heteroatoms. The van der Waals surface area contributed by atoms with Crippen LogP contribution < -0.4 is 5.73 Å². The maximum Gasteiger partial charge on any atom is 0.125 e. The van der Waals surface area contributed by atoms with Gasteiger partial charge < -0.3 is 10.5 Å². The summed E-state index contributed by atoms with van der Waals surface area (Å²) < 4.78 is 5.59. The number of hydrogen-bond donors (Lipinski definition) is 1. The molecule has 90 valence electrons. The number of nitrogens with two attached hydrogens (primary N) is 1. The monoisotopic (exact) mass is 240 g/mol. The molecule has 3 nitrogen and oxygen atoms in total. The first-order valence-electron chi connectivity index (χ1n) is 5.91. The summed E-state index contributed by atoms with van der Waals surface area (Å²) in [5.74, 6) is 0. The van der Waals surface area contributed by atoms with Crippen molar-refractivity contribution in [2.24, 2.45) is 5.73 Å². The van der Waals surface area contributed by atoms with Crippen molar-refractivity contribution in [3.63, 3.8) is 0 Å². The Morgan fingerprint density at radius 3 is 2.94 bits per heavy atom. The molecule has 2 unspecified atom stereocenters. The van der Waals surface area contributed by atoms with Gasteiger partial charge in [-0.2, -0.15) is 0 Å². The van der Waals surface area contributed by atoms with Crippen LogP contribution in [0.1, 0.15) is 54.7 Å². The van der Waals surface area contributed by atoms with E-state index in [9.17, 15) is 0 Å². The van der Waals surface area contributed by atoms with Crippen LogP contribution in [0.5, 0.6) is 0 Å². The largest absolute Gasteiger partial charge is 0.371 e. The lowest BCUT2D eigenvalue weighted by molar-refractivity contribution is -0.00170. The standard InChI is InChI=1S/C12H20N2OS/c1-4-12(2,15-3)11-14-10-8(13)6-5-7-9(10)16-11/h8H,4-7,13H2,1-3H3. The van der Waals surface area contributed by atoms with Crippen LogP contribution >= 0.6 is 11.3 Å². The predicted molar refractivity (Wildman–Crippen MR) is 66.6 cm³/mol. The highest BCUT2D eigenvalue weighted by Crippen LogP contribution is 2.38. The van der Waals surface area contributed by atoms with Gasteiger partial charge in [0.25, 0.3) is 0 Å². The van der Waals surface area contributed by atoms with Crippen LogP contribution in [-0.2, 0) is 16.8 Å². The lowest BCUT2D eigenvalue weighted by atomic mass is 9.98. The number of hydrogen-bond acceptors (Lipinski definition) is 4. The highest BCUT2D eigenvalue weighted by Gasteiger charge is 2.31. The van der Waals surface area contributed by atoms with Crippen LogP contribution in [0, 0.1) is 0 Å². The van der Waals surface area contributed by atoms with Crippen molar-refractivity contribution in [2.45, 2.75) is 51.2 Å². The maximum absolute atomic E-state index is 6.09. The van der Waals surface area contributed by atoms with Gasteiger partial charge in [0.1, 0.15) is 10.6 Å². The van der Waals surface area contributed by atoms with E-state index >= 15 is 0 Å². The normalized spacial score (nSPS) is 23.9. The lowest BCUT2D eigenvalue weighted by Gasteiger charge is -2.23. The lowest BCUT2D eigenvalue weighted by Crippen LogP contribution is -2.23. The number of aryl methyl sites for hydroxylation is 1. The number of aromatic nitrogens is 1. The third kappa shape index (κ3) is 1.90. The highest BCUT2D eigenvalue weighted by molar-refractivity contribution is 7.11. The second kappa shape index (κ2) is 4.43. The van der Waals surface area contributed by atoms with Crippen LogP contribution in [0.3, 0.4) is 0 Å². The molecule has 0 saturated carbocycles. The zero-order chi connectivity index (χ0) is 11.8. The Hall–Kier alpha value is -0.450. The Kier molecular flexibility index (Phi) is 3.33. The molecule has 0 aliphatic heterocycles. The van der Waals surface area contributed by atoms with Crippen LogP contribution in [0.4, 0.5) is 0 Å². The van der Waals surface area contributed by atoms with E-state index in [2.05, 4.69) is 13.8 Å². The molecule has 1 aromatic heterocycles. The van der Waals surface area contributed by atoms with Gasteiger partial charge in [-0.05, 0) is 32.6 Å². The number of fused-ring (bicyclic) bond motifs is 1. The fourth-order valence-corrected chi connectivity index (χ4v) is 3.43. The average Bonchev–Trinajstić information content (AvgIpc) is 2.74. The van der Waals surface area contributed by atoms with E-state index in [1.165, 1.54) is 11.3 Å². The van der Waals surface area contributed by atoms with Crippen LogP contribution in [0.2, 0.25) is 0 Å². The van der Waals surface area contributed by atoms with Gasteiger partial charge in [-0.3, -0.25) is 0 Å².